The Labute approximate surface area is 145 Å². The van der Waals surface area contributed by atoms with Crippen LogP contribution in [0.25, 0.3) is 0 Å². The molecule has 0 amide bonds. The molecule has 2 heterocycles. The number of benzene rings is 1. The normalized spacial score (nSPS) is 17.8. The number of nitrogens with one attached hydrogen (secondary N) is 1. The molecular formula is C20H28N4. The van der Waals surface area contributed by atoms with Crippen LogP contribution < -0.4 is 10.2 Å². The van der Waals surface area contributed by atoms with Gasteiger partial charge in [0.25, 0.3) is 0 Å². The van der Waals surface area contributed by atoms with Crippen molar-refractivity contribution in [1.82, 2.24) is 9.97 Å². The first-order chi connectivity index (χ1) is 11.6. The molecule has 24 heavy (non-hydrogen) atoms. The summed E-state index contributed by atoms with van der Waals surface area (Å²) in [5.74, 6) is 1.74. The maximum Gasteiger partial charge on any atom is 0.229 e. The van der Waals surface area contributed by atoms with Crippen LogP contribution in [0.15, 0.2) is 24.3 Å². The first kappa shape index (κ1) is 16.7. The van der Waals surface area contributed by atoms with Gasteiger partial charge in [-0.25, -0.2) is 4.98 Å². The summed E-state index contributed by atoms with van der Waals surface area (Å²) in [6, 6.07) is 9.08. The second kappa shape index (κ2) is 7.20. The molecule has 1 fully saturated rings. The molecule has 2 aromatic rings. The molecule has 3 rings (SSSR count). The Morgan fingerprint density at radius 2 is 1.92 bits per heavy atom. The number of rotatable bonds is 4. The van der Waals surface area contributed by atoms with Crippen LogP contribution in [0.3, 0.4) is 0 Å². The highest BCUT2D eigenvalue weighted by atomic mass is 15.2. The number of anilines is 3. The predicted molar refractivity (Wildman–Crippen MR) is 101 cm³/mol. The molecule has 0 radical (unpaired) electrons. The highest BCUT2D eigenvalue weighted by molar-refractivity contribution is 5.57. The average Bonchev–Trinajstić information content (AvgIpc) is 2.57. The van der Waals surface area contributed by atoms with Gasteiger partial charge in [-0.05, 0) is 69.7 Å². The largest absolute Gasteiger partial charge is 0.353 e. The molecule has 1 N–H and O–H groups in total. The molecule has 4 nitrogen and oxygen atoms in total. The van der Waals surface area contributed by atoms with Gasteiger partial charge in [-0.1, -0.05) is 13.0 Å². The van der Waals surface area contributed by atoms with E-state index >= 15 is 0 Å². The average molecular weight is 324 g/mol. The summed E-state index contributed by atoms with van der Waals surface area (Å²) in [6.45, 7) is 9.66. The van der Waals surface area contributed by atoms with E-state index in [0.29, 0.717) is 12.0 Å². The fourth-order valence-corrected chi connectivity index (χ4v) is 3.43. The predicted octanol–water partition coefficient (Wildman–Crippen LogP) is 4.91. The molecule has 0 spiro atoms. The van der Waals surface area contributed by atoms with E-state index in [0.717, 1.165) is 23.7 Å². The molecule has 1 aliphatic heterocycles. The van der Waals surface area contributed by atoms with Crippen LogP contribution in [0, 0.1) is 20.8 Å². The van der Waals surface area contributed by atoms with Crippen LogP contribution >= 0.6 is 0 Å². The van der Waals surface area contributed by atoms with Gasteiger partial charge in [0.15, 0.2) is 0 Å². The Kier molecular flexibility index (Phi) is 5.03. The van der Waals surface area contributed by atoms with Gasteiger partial charge in [-0.15, -0.1) is 0 Å². The quantitative estimate of drug-likeness (QED) is 0.867. The van der Waals surface area contributed by atoms with Gasteiger partial charge in [-0.3, -0.25) is 0 Å². The maximum atomic E-state index is 4.81. The third-order valence-electron chi connectivity index (χ3n) is 5.00. The minimum absolute atomic E-state index is 0.600. The van der Waals surface area contributed by atoms with Crippen LogP contribution in [0.2, 0.25) is 0 Å². The Bertz CT molecular complexity index is 711. The van der Waals surface area contributed by atoms with Gasteiger partial charge in [0.1, 0.15) is 5.82 Å². The Morgan fingerprint density at radius 1 is 1.08 bits per heavy atom. The highest BCUT2D eigenvalue weighted by Crippen LogP contribution is 2.27. The second-order valence-corrected chi connectivity index (χ2v) is 6.87. The lowest BCUT2D eigenvalue weighted by Gasteiger charge is -2.36. The first-order valence-corrected chi connectivity index (χ1v) is 9.03. The van der Waals surface area contributed by atoms with E-state index in [1.54, 1.807) is 0 Å². The molecule has 1 aromatic carbocycles. The molecule has 1 aromatic heterocycles. The standard InChI is InChI=1S/C20H28N4/c1-5-18-8-6-7-11-24(18)19-13-16(4)21-20(23-19)22-17-10-9-14(2)15(3)12-17/h9-10,12-13,18H,5-8,11H2,1-4H3,(H,21,22,23). The van der Waals surface area contributed by atoms with E-state index < -0.39 is 0 Å². The molecule has 0 aliphatic carbocycles. The summed E-state index contributed by atoms with van der Waals surface area (Å²) in [5.41, 5.74) is 4.62. The van der Waals surface area contributed by atoms with Crippen molar-refractivity contribution in [2.45, 2.75) is 59.4 Å². The lowest BCUT2D eigenvalue weighted by molar-refractivity contribution is 0.446. The first-order valence-electron chi connectivity index (χ1n) is 9.03. The monoisotopic (exact) mass is 324 g/mol. The summed E-state index contributed by atoms with van der Waals surface area (Å²) in [4.78, 5) is 11.8. The van der Waals surface area contributed by atoms with Gasteiger partial charge in [0.2, 0.25) is 5.95 Å². The number of aryl methyl sites for hydroxylation is 3. The van der Waals surface area contributed by atoms with E-state index in [9.17, 15) is 0 Å². The highest BCUT2D eigenvalue weighted by Gasteiger charge is 2.22. The molecule has 1 saturated heterocycles. The Hall–Kier alpha value is -2.10. The molecule has 1 atom stereocenters. The summed E-state index contributed by atoms with van der Waals surface area (Å²) in [5, 5.41) is 3.38. The zero-order chi connectivity index (χ0) is 17.1. The van der Waals surface area contributed by atoms with Crippen LogP contribution in [-0.4, -0.2) is 22.6 Å². The minimum Gasteiger partial charge on any atom is -0.353 e. The fourth-order valence-electron chi connectivity index (χ4n) is 3.43. The van der Waals surface area contributed by atoms with Crippen molar-refractivity contribution in [1.29, 1.82) is 0 Å². The number of piperidine rings is 1. The van der Waals surface area contributed by atoms with E-state index in [-0.39, 0.29) is 0 Å². The smallest absolute Gasteiger partial charge is 0.229 e. The third-order valence-corrected chi connectivity index (χ3v) is 5.00. The molecule has 1 aliphatic rings. The SMILES string of the molecule is CCC1CCCCN1c1cc(C)nc(Nc2ccc(C)c(C)c2)n1. The number of hydrogen-bond acceptors (Lipinski definition) is 4. The number of nitrogens with zero attached hydrogens (tertiary/aromatic N) is 3. The van der Waals surface area contributed by atoms with Crippen LogP contribution in [0.1, 0.15) is 49.4 Å². The third kappa shape index (κ3) is 3.69. The lowest BCUT2D eigenvalue weighted by atomic mass is 10.00. The van der Waals surface area contributed by atoms with Crippen molar-refractivity contribution in [3.05, 3.63) is 41.1 Å². The number of hydrogen-bond donors (Lipinski definition) is 1. The van der Waals surface area contributed by atoms with Gasteiger partial charge in [0, 0.05) is 30.0 Å². The molecular weight excluding hydrogens is 296 g/mol. The zero-order valence-corrected chi connectivity index (χ0v) is 15.3. The van der Waals surface area contributed by atoms with E-state index in [2.05, 4.69) is 60.2 Å². The van der Waals surface area contributed by atoms with Crippen molar-refractivity contribution in [3.63, 3.8) is 0 Å². The second-order valence-electron chi connectivity index (χ2n) is 6.87. The molecule has 0 saturated carbocycles. The molecule has 1 unspecified atom stereocenters. The fraction of sp³-hybridized carbons (Fsp3) is 0.500. The lowest BCUT2D eigenvalue weighted by Crippen LogP contribution is -2.39. The Balaban J connectivity index is 1.86. The van der Waals surface area contributed by atoms with E-state index in [1.165, 1.54) is 36.8 Å². The van der Waals surface area contributed by atoms with Crippen molar-refractivity contribution >= 4 is 17.5 Å². The van der Waals surface area contributed by atoms with Crippen molar-refractivity contribution in [2.24, 2.45) is 0 Å². The molecule has 4 heteroatoms. The van der Waals surface area contributed by atoms with Crippen LogP contribution in [-0.2, 0) is 0 Å². The molecule has 128 valence electrons. The topological polar surface area (TPSA) is 41.1 Å². The van der Waals surface area contributed by atoms with Gasteiger partial charge in [-0.2, -0.15) is 4.98 Å². The molecule has 0 bridgehead atoms. The van der Waals surface area contributed by atoms with Gasteiger partial charge < -0.3 is 10.2 Å². The minimum atomic E-state index is 0.600. The van der Waals surface area contributed by atoms with Crippen molar-refractivity contribution < 1.29 is 0 Å². The van der Waals surface area contributed by atoms with E-state index in [4.69, 9.17) is 4.98 Å². The summed E-state index contributed by atoms with van der Waals surface area (Å²) in [6.07, 6.45) is 5.01. The van der Waals surface area contributed by atoms with Crippen LogP contribution in [0.5, 0.6) is 0 Å². The van der Waals surface area contributed by atoms with Crippen molar-refractivity contribution in [3.8, 4) is 0 Å². The van der Waals surface area contributed by atoms with Crippen molar-refractivity contribution in [2.75, 3.05) is 16.8 Å². The van der Waals surface area contributed by atoms with Gasteiger partial charge >= 0.3 is 0 Å². The zero-order valence-electron chi connectivity index (χ0n) is 15.3. The van der Waals surface area contributed by atoms with Gasteiger partial charge in [0.05, 0.1) is 0 Å². The van der Waals surface area contributed by atoms with E-state index in [1.807, 2.05) is 6.92 Å². The summed E-state index contributed by atoms with van der Waals surface area (Å²) in [7, 11) is 0. The summed E-state index contributed by atoms with van der Waals surface area (Å²) >= 11 is 0. The maximum absolute atomic E-state index is 4.81. The van der Waals surface area contributed by atoms with Crippen LogP contribution in [0.4, 0.5) is 17.5 Å². The summed E-state index contributed by atoms with van der Waals surface area (Å²) < 4.78 is 0. The number of aromatic nitrogens is 2. The Morgan fingerprint density at radius 3 is 2.67 bits per heavy atom.